The summed E-state index contributed by atoms with van der Waals surface area (Å²) >= 11 is 1.66. The van der Waals surface area contributed by atoms with Crippen LogP contribution in [-0.2, 0) is 0 Å². The molecule has 1 heterocycles. The molecule has 0 spiro atoms. The molecule has 2 aromatic rings. The zero-order valence-electron chi connectivity index (χ0n) is 8.67. The lowest BCUT2D eigenvalue weighted by Gasteiger charge is -2.02. The molecule has 0 bridgehead atoms. The Labute approximate surface area is 92.4 Å². The first kappa shape index (κ1) is 10.2. The number of hydrogen-bond donors (Lipinski definition) is 1. The van der Waals surface area contributed by atoms with Gasteiger partial charge in [0.2, 0.25) is 0 Å². The Morgan fingerprint density at radius 3 is 2.40 bits per heavy atom. The van der Waals surface area contributed by atoms with E-state index in [1.807, 2.05) is 13.8 Å². The second-order valence-corrected chi connectivity index (χ2v) is 4.90. The van der Waals surface area contributed by atoms with Gasteiger partial charge < -0.3 is 5.73 Å². The van der Waals surface area contributed by atoms with E-state index in [0.29, 0.717) is 5.69 Å². The van der Waals surface area contributed by atoms with E-state index in [4.69, 9.17) is 5.73 Å². The molecule has 0 saturated heterocycles. The summed E-state index contributed by atoms with van der Waals surface area (Å²) < 4.78 is 13.2. The molecule has 78 valence electrons. The fourth-order valence-corrected chi connectivity index (χ4v) is 2.68. The number of rotatable bonds is 1. The molecule has 0 saturated carbocycles. The van der Waals surface area contributed by atoms with E-state index in [9.17, 15) is 4.39 Å². The fourth-order valence-electron chi connectivity index (χ4n) is 1.67. The minimum absolute atomic E-state index is 0.282. The van der Waals surface area contributed by atoms with Crippen molar-refractivity contribution in [3.63, 3.8) is 0 Å². The first-order valence-electron chi connectivity index (χ1n) is 4.70. The quantitative estimate of drug-likeness (QED) is 0.729. The molecule has 15 heavy (non-hydrogen) atoms. The van der Waals surface area contributed by atoms with Crippen LogP contribution >= 0.6 is 11.3 Å². The SMILES string of the molecule is Cc1cc(C)c(-c2cc(N)cc(F)c2)s1. The predicted octanol–water partition coefficient (Wildman–Crippen LogP) is 3.75. The Morgan fingerprint density at radius 2 is 1.87 bits per heavy atom. The van der Waals surface area contributed by atoms with E-state index in [1.54, 1.807) is 17.4 Å². The Kier molecular flexibility index (Phi) is 2.49. The van der Waals surface area contributed by atoms with E-state index in [2.05, 4.69) is 6.07 Å². The van der Waals surface area contributed by atoms with Gasteiger partial charge in [0, 0.05) is 15.4 Å². The molecule has 0 radical (unpaired) electrons. The number of benzene rings is 1. The Hall–Kier alpha value is -1.35. The molecule has 1 nitrogen and oxygen atoms in total. The second-order valence-electron chi connectivity index (χ2n) is 3.64. The lowest BCUT2D eigenvalue weighted by atomic mass is 10.1. The molecule has 0 aliphatic carbocycles. The predicted molar refractivity (Wildman–Crippen MR) is 63.6 cm³/mol. The highest BCUT2D eigenvalue weighted by Gasteiger charge is 2.07. The van der Waals surface area contributed by atoms with Crippen LogP contribution in [0.3, 0.4) is 0 Å². The summed E-state index contributed by atoms with van der Waals surface area (Å²) in [6, 6.07) is 6.76. The minimum Gasteiger partial charge on any atom is -0.399 e. The number of nitrogen functional groups attached to an aromatic ring is 1. The molecule has 2 rings (SSSR count). The van der Waals surface area contributed by atoms with Gasteiger partial charge in [-0.05, 0) is 49.2 Å². The smallest absolute Gasteiger partial charge is 0.125 e. The third kappa shape index (κ3) is 2.02. The summed E-state index contributed by atoms with van der Waals surface area (Å²) in [6.45, 7) is 4.07. The molecule has 0 amide bonds. The summed E-state index contributed by atoms with van der Waals surface area (Å²) in [5.74, 6) is -0.282. The zero-order valence-corrected chi connectivity index (χ0v) is 9.49. The molecular formula is C12H12FNS. The summed E-state index contributed by atoms with van der Waals surface area (Å²) in [5, 5.41) is 0. The molecule has 3 heteroatoms. The standard InChI is InChI=1S/C12H12FNS/c1-7-3-8(2)15-12(7)9-4-10(13)6-11(14)5-9/h3-6H,14H2,1-2H3. The third-order valence-electron chi connectivity index (χ3n) is 2.22. The highest BCUT2D eigenvalue weighted by molar-refractivity contribution is 7.15. The number of hydrogen-bond acceptors (Lipinski definition) is 2. The topological polar surface area (TPSA) is 26.0 Å². The summed E-state index contributed by atoms with van der Waals surface area (Å²) in [4.78, 5) is 2.32. The first-order valence-corrected chi connectivity index (χ1v) is 5.51. The summed E-state index contributed by atoms with van der Waals surface area (Å²) in [7, 11) is 0. The van der Waals surface area contributed by atoms with Gasteiger partial charge in [-0.15, -0.1) is 11.3 Å². The average molecular weight is 221 g/mol. The van der Waals surface area contributed by atoms with Crippen LogP contribution in [0.5, 0.6) is 0 Å². The van der Waals surface area contributed by atoms with Crippen molar-refractivity contribution < 1.29 is 4.39 Å². The number of halogens is 1. The molecular weight excluding hydrogens is 209 g/mol. The van der Waals surface area contributed by atoms with Crippen LogP contribution in [0.2, 0.25) is 0 Å². The maximum absolute atomic E-state index is 13.2. The summed E-state index contributed by atoms with van der Waals surface area (Å²) in [6.07, 6.45) is 0. The number of thiophene rings is 1. The van der Waals surface area contributed by atoms with Crippen LogP contribution in [0.4, 0.5) is 10.1 Å². The van der Waals surface area contributed by atoms with Gasteiger partial charge in [0.05, 0.1) is 0 Å². The monoisotopic (exact) mass is 221 g/mol. The normalized spacial score (nSPS) is 10.6. The van der Waals surface area contributed by atoms with E-state index in [1.165, 1.54) is 22.6 Å². The Bertz CT molecular complexity index is 482. The average Bonchev–Trinajstić information content (AvgIpc) is 2.43. The van der Waals surface area contributed by atoms with Crippen molar-refractivity contribution in [3.8, 4) is 10.4 Å². The van der Waals surface area contributed by atoms with Crippen molar-refractivity contribution in [2.75, 3.05) is 5.73 Å². The van der Waals surface area contributed by atoms with Crippen LogP contribution < -0.4 is 5.73 Å². The largest absolute Gasteiger partial charge is 0.399 e. The third-order valence-corrected chi connectivity index (χ3v) is 3.42. The minimum atomic E-state index is -0.282. The highest BCUT2D eigenvalue weighted by atomic mass is 32.1. The molecule has 0 fully saturated rings. The second kappa shape index (κ2) is 3.66. The van der Waals surface area contributed by atoms with Crippen molar-refractivity contribution in [2.24, 2.45) is 0 Å². The van der Waals surface area contributed by atoms with Gasteiger partial charge in [0.1, 0.15) is 5.82 Å². The lowest BCUT2D eigenvalue weighted by Crippen LogP contribution is -1.87. The van der Waals surface area contributed by atoms with Crippen LogP contribution in [0.25, 0.3) is 10.4 Å². The molecule has 0 unspecified atom stereocenters. The molecule has 1 aromatic heterocycles. The number of aryl methyl sites for hydroxylation is 2. The van der Waals surface area contributed by atoms with Gasteiger partial charge in [-0.25, -0.2) is 4.39 Å². The Balaban J connectivity index is 2.58. The van der Waals surface area contributed by atoms with Gasteiger partial charge >= 0.3 is 0 Å². The number of anilines is 1. The molecule has 0 atom stereocenters. The van der Waals surface area contributed by atoms with Gasteiger partial charge in [-0.1, -0.05) is 0 Å². The van der Waals surface area contributed by atoms with Crippen LogP contribution in [-0.4, -0.2) is 0 Å². The van der Waals surface area contributed by atoms with E-state index < -0.39 is 0 Å². The van der Waals surface area contributed by atoms with Gasteiger partial charge in [0.15, 0.2) is 0 Å². The van der Waals surface area contributed by atoms with Gasteiger partial charge in [-0.3, -0.25) is 0 Å². The van der Waals surface area contributed by atoms with Crippen molar-refractivity contribution in [2.45, 2.75) is 13.8 Å². The van der Waals surface area contributed by atoms with E-state index in [0.717, 1.165) is 10.4 Å². The number of nitrogens with two attached hydrogens (primary N) is 1. The van der Waals surface area contributed by atoms with E-state index in [-0.39, 0.29) is 5.82 Å². The van der Waals surface area contributed by atoms with Gasteiger partial charge in [0.25, 0.3) is 0 Å². The maximum atomic E-state index is 13.2. The fraction of sp³-hybridized carbons (Fsp3) is 0.167. The van der Waals surface area contributed by atoms with Crippen molar-refractivity contribution >= 4 is 17.0 Å². The van der Waals surface area contributed by atoms with Gasteiger partial charge in [-0.2, -0.15) is 0 Å². The van der Waals surface area contributed by atoms with Crippen molar-refractivity contribution in [3.05, 3.63) is 40.5 Å². The molecule has 0 aliphatic rings. The lowest BCUT2D eigenvalue weighted by molar-refractivity contribution is 0.629. The van der Waals surface area contributed by atoms with Crippen molar-refractivity contribution in [1.82, 2.24) is 0 Å². The summed E-state index contributed by atoms with van der Waals surface area (Å²) in [5.41, 5.74) is 8.12. The molecule has 2 N–H and O–H groups in total. The molecule has 0 aliphatic heterocycles. The maximum Gasteiger partial charge on any atom is 0.125 e. The first-order chi connectivity index (χ1) is 7.06. The van der Waals surface area contributed by atoms with Crippen molar-refractivity contribution in [1.29, 1.82) is 0 Å². The van der Waals surface area contributed by atoms with Crippen LogP contribution in [0, 0.1) is 19.7 Å². The highest BCUT2D eigenvalue weighted by Crippen LogP contribution is 2.33. The van der Waals surface area contributed by atoms with Crippen LogP contribution in [0.1, 0.15) is 10.4 Å². The Morgan fingerprint density at radius 1 is 1.13 bits per heavy atom. The van der Waals surface area contributed by atoms with Crippen LogP contribution in [0.15, 0.2) is 24.3 Å². The van der Waals surface area contributed by atoms with E-state index >= 15 is 0 Å². The molecule has 1 aromatic carbocycles. The zero-order chi connectivity index (χ0) is 11.0.